The molecule has 2 aromatic carbocycles. The van der Waals surface area contributed by atoms with E-state index in [-0.39, 0.29) is 29.4 Å². The molecule has 2 unspecified atom stereocenters. The van der Waals surface area contributed by atoms with Gasteiger partial charge in [0.2, 0.25) is 11.8 Å². The van der Waals surface area contributed by atoms with Crippen molar-refractivity contribution >= 4 is 11.8 Å². The van der Waals surface area contributed by atoms with Crippen LogP contribution in [0.15, 0.2) is 42.5 Å². The molecule has 2 aromatic rings. The van der Waals surface area contributed by atoms with E-state index in [9.17, 15) is 9.59 Å². The Morgan fingerprint density at radius 2 is 1.88 bits per heavy atom. The lowest BCUT2D eigenvalue weighted by atomic mass is 9.72. The van der Waals surface area contributed by atoms with Gasteiger partial charge >= 0.3 is 0 Å². The third kappa shape index (κ3) is 4.24. The normalized spacial score (nSPS) is 23.4. The highest BCUT2D eigenvalue weighted by Gasteiger charge is 2.46. The fourth-order valence-electron chi connectivity index (χ4n) is 5.85. The lowest BCUT2D eigenvalue weighted by Crippen LogP contribution is -2.43. The van der Waals surface area contributed by atoms with Gasteiger partial charge in [-0.3, -0.25) is 9.59 Å². The van der Waals surface area contributed by atoms with E-state index in [1.165, 1.54) is 22.3 Å². The predicted octanol–water partition coefficient (Wildman–Crippen LogP) is 3.60. The maximum Gasteiger partial charge on any atom is 0.243 e. The lowest BCUT2D eigenvalue weighted by molar-refractivity contribution is -0.126. The van der Waals surface area contributed by atoms with E-state index < -0.39 is 6.04 Å². The van der Waals surface area contributed by atoms with E-state index >= 15 is 0 Å². The van der Waals surface area contributed by atoms with Crippen molar-refractivity contribution in [1.82, 2.24) is 16.0 Å². The second-order valence-corrected chi connectivity index (χ2v) is 9.92. The topological polar surface area (TPSA) is 79.5 Å². The summed E-state index contributed by atoms with van der Waals surface area (Å²) < 4.78 is 5.84. The molecule has 2 saturated heterocycles. The molecule has 0 bridgehead atoms. The average molecular weight is 448 g/mol. The van der Waals surface area contributed by atoms with Crippen molar-refractivity contribution in [1.29, 1.82) is 0 Å². The highest BCUT2D eigenvalue weighted by Crippen LogP contribution is 2.53. The van der Waals surface area contributed by atoms with Crippen LogP contribution in [0, 0.1) is 0 Å². The quantitative estimate of drug-likeness (QED) is 0.654. The van der Waals surface area contributed by atoms with Gasteiger partial charge in [-0.25, -0.2) is 0 Å². The molecule has 3 N–H and O–H groups in total. The van der Waals surface area contributed by atoms with Crippen molar-refractivity contribution in [3.63, 3.8) is 0 Å². The number of carbonyl (C=O) groups excluding carboxylic acids is 2. The monoisotopic (exact) mass is 447 g/mol. The van der Waals surface area contributed by atoms with Crippen LogP contribution in [0.2, 0.25) is 0 Å². The molecule has 0 radical (unpaired) electrons. The zero-order chi connectivity index (χ0) is 23.0. The van der Waals surface area contributed by atoms with Crippen molar-refractivity contribution in [2.24, 2.45) is 0 Å². The van der Waals surface area contributed by atoms with E-state index in [2.05, 4.69) is 46.3 Å². The summed E-state index contributed by atoms with van der Waals surface area (Å²) in [4.78, 5) is 24.6. The summed E-state index contributed by atoms with van der Waals surface area (Å²) in [6, 6.07) is 14.4. The van der Waals surface area contributed by atoms with Gasteiger partial charge in [-0.1, -0.05) is 30.3 Å². The van der Waals surface area contributed by atoms with Gasteiger partial charge in [0.15, 0.2) is 0 Å². The van der Waals surface area contributed by atoms with Crippen molar-refractivity contribution in [3.05, 3.63) is 53.6 Å². The van der Waals surface area contributed by atoms with Gasteiger partial charge in [0.05, 0.1) is 12.1 Å². The number of hydrogen-bond donors (Lipinski definition) is 3. The zero-order valence-corrected chi connectivity index (χ0v) is 19.4. The first kappa shape index (κ1) is 22.0. The predicted molar refractivity (Wildman–Crippen MR) is 128 cm³/mol. The summed E-state index contributed by atoms with van der Waals surface area (Å²) in [6.45, 7) is 6.02. The van der Waals surface area contributed by atoms with Crippen molar-refractivity contribution in [2.75, 3.05) is 13.1 Å². The van der Waals surface area contributed by atoms with Gasteiger partial charge in [-0.15, -0.1) is 0 Å². The summed E-state index contributed by atoms with van der Waals surface area (Å²) in [7, 11) is 0. The van der Waals surface area contributed by atoms with Crippen LogP contribution in [0.5, 0.6) is 5.75 Å². The molecule has 1 spiro atoms. The second-order valence-electron chi connectivity index (χ2n) is 9.92. The highest BCUT2D eigenvalue weighted by atomic mass is 16.5. The lowest BCUT2D eigenvalue weighted by Gasteiger charge is -2.36. The van der Waals surface area contributed by atoms with Crippen molar-refractivity contribution in [2.45, 2.75) is 69.6 Å². The Hall–Kier alpha value is -2.86. The zero-order valence-electron chi connectivity index (χ0n) is 19.4. The summed E-state index contributed by atoms with van der Waals surface area (Å²) in [6.07, 6.45) is 4.15. The molecular formula is C27H33N3O3. The molecular weight excluding hydrogens is 414 g/mol. The fourth-order valence-corrected chi connectivity index (χ4v) is 5.85. The number of ether oxygens (including phenoxy) is 1. The van der Waals surface area contributed by atoms with Gasteiger partial charge in [0.25, 0.3) is 0 Å². The van der Waals surface area contributed by atoms with Crippen molar-refractivity contribution < 1.29 is 14.3 Å². The van der Waals surface area contributed by atoms with E-state index in [4.69, 9.17) is 4.74 Å². The third-order valence-electron chi connectivity index (χ3n) is 7.32. The third-order valence-corrected chi connectivity index (χ3v) is 7.32. The van der Waals surface area contributed by atoms with Gasteiger partial charge < -0.3 is 20.7 Å². The molecule has 5 rings (SSSR count). The van der Waals surface area contributed by atoms with Crippen LogP contribution in [0.25, 0.3) is 11.1 Å². The molecule has 2 aliphatic heterocycles. The molecule has 6 nitrogen and oxygen atoms in total. The minimum atomic E-state index is -0.415. The Labute approximate surface area is 195 Å². The van der Waals surface area contributed by atoms with Crippen LogP contribution in [-0.2, 0) is 15.0 Å². The largest absolute Gasteiger partial charge is 0.491 e. The first-order chi connectivity index (χ1) is 15.9. The molecule has 2 fully saturated rings. The smallest absolute Gasteiger partial charge is 0.243 e. The number of amides is 2. The maximum absolute atomic E-state index is 13.0. The van der Waals surface area contributed by atoms with Crippen LogP contribution in [0.4, 0.5) is 0 Å². The summed E-state index contributed by atoms with van der Waals surface area (Å²) >= 11 is 0. The molecule has 0 aromatic heterocycles. The van der Waals surface area contributed by atoms with Crippen LogP contribution in [-0.4, -0.2) is 37.0 Å². The number of nitrogens with one attached hydrogen (secondary N) is 3. The van der Waals surface area contributed by atoms with Crippen LogP contribution >= 0.6 is 0 Å². The Morgan fingerprint density at radius 3 is 2.55 bits per heavy atom. The minimum absolute atomic E-state index is 0.0356. The molecule has 0 saturated carbocycles. The summed E-state index contributed by atoms with van der Waals surface area (Å²) in [5.41, 5.74) is 5.06. The Balaban J connectivity index is 1.49. The molecule has 174 valence electrons. The molecule has 3 aliphatic rings. The number of rotatable bonds is 5. The summed E-state index contributed by atoms with van der Waals surface area (Å²) in [5, 5.41) is 9.60. The standard InChI is InChI=1S/C27H33N3O3/c1-17(2)33-19-8-6-18(7-9-19)20-4-3-5-21-23(30-26(32)22-10-11-24(31)29-22)16-27(25(20)21)12-14-28-15-13-27/h3-9,17,22-23,28H,10-16H2,1-2H3,(H,29,31)(H,30,32). The number of benzene rings is 2. The fraction of sp³-hybridized carbons (Fsp3) is 0.481. The van der Waals surface area contributed by atoms with Crippen LogP contribution in [0.3, 0.4) is 0 Å². The van der Waals surface area contributed by atoms with Gasteiger partial charge in [-0.2, -0.15) is 0 Å². The maximum atomic E-state index is 13.0. The second kappa shape index (κ2) is 8.82. The number of fused-ring (bicyclic) bond motifs is 2. The van der Waals surface area contributed by atoms with Crippen LogP contribution in [0.1, 0.15) is 63.1 Å². The molecule has 2 amide bonds. The van der Waals surface area contributed by atoms with E-state index in [1.54, 1.807) is 0 Å². The van der Waals surface area contributed by atoms with Crippen molar-refractivity contribution in [3.8, 4) is 16.9 Å². The first-order valence-electron chi connectivity index (χ1n) is 12.2. The molecule has 1 aliphatic carbocycles. The van der Waals surface area contributed by atoms with Gasteiger partial charge in [0, 0.05) is 11.8 Å². The SMILES string of the molecule is CC(C)Oc1ccc(-c2cccc3c2C2(CCNCC2)CC3NC(=O)C2CCC(=O)N2)cc1. The molecule has 33 heavy (non-hydrogen) atoms. The van der Waals surface area contributed by atoms with Gasteiger partial charge in [0.1, 0.15) is 11.8 Å². The van der Waals surface area contributed by atoms with E-state index in [0.29, 0.717) is 12.8 Å². The minimum Gasteiger partial charge on any atom is -0.491 e. The molecule has 2 heterocycles. The van der Waals surface area contributed by atoms with Crippen LogP contribution < -0.4 is 20.7 Å². The molecule has 2 atom stereocenters. The summed E-state index contributed by atoms with van der Waals surface area (Å²) in [5.74, 6) is 0.772. The Bertz CT molecular complexity index is 1040. The number of piperidine rings is 1. The number of hydrogen-bond acceptors (Lipinski definition) is 4. The van der Waals surface area contributed by atoms with E-state index in [0.717, 1.165) is 38.1 Å². The first-order valence-corrected chi connectivity index (χ1v) is 12.2. The average Bonchev–Trinajstić information content (AvgIpc) is 3.37. The Kier molecular flexibility index (Phi) is 5.87. The van der Waals surface area contributed by atoms with E-state index in [1.807, 2.05) is 26.0 Å². The van der Waals surface area contributed by atoms with Gasteiger partial charge in [-0.05, 0) is 87.0 Å². The Morgan fingerprint density at radius 1 is 1.12 bits per heavy atom. The molecule has 6 heteroatoms. The highest BCUT2D eigenvalue weighted by molar-refractivity contribution is 5.91. The number of carbonyl (C=O) groups is 2.